The third kappa shape index (κ3) is 0.775. The molecular formula is C7H12O2. The van der Waals surface area contributed by atoms with Crippen LogP contribution in [0.4, 0.5) is 0 Å². The van der Waals surface area contributed by atoms with Gasteiger partial charge in [0.15, 0.2) is 6.29 Å². The SMILES string of the molecule is C[C@@H]1CO[C@H]2OCCC21. The summed E-state index contributed by atoms with van der Waals surface area (Å²) in [6, 6.07) is 0. The van der Waals surface area contributed by atoms with Crippen LogP contribution in [-0.2, 0) is 9.47 Å². The van der Waals surface area contributed by atoms with Crippen LogP contribution in [0.25, 0.3) is 0 Å². The zero-order chi connectivity index (χ0) is 6.27. The van der Waals surface area contributed by atoms with Crippen LogP contribution in [0, 0.1) is 11.8 Å². The van der Waals surface area contributed by atoms with E-state index in [0.717, 1.165) is 19.1 Å². The minimum absolute atomic E-state index is 0.153. The lowest BCUT2D eigenvalue weighted by Gasteiger charge is -2.07. The quantitative estimate of drug-likeness (QED) is 0.485. The molecule has 0 aliphatic carbocycles. The number of fused-ring (bicyclic) bond motifs is 1. The van der Waals surface area contributed by atoms with E-state index in [2.05, 4.69) is 6.92 Å². The third-order valence-corrected chi connectivity index (χ3v) is 2.34. The molecule has 52 valence electrons. The highest BCUT2D eigenvalue weighted by molar-refractivity contribution is 4.79. The number of ether oxygens (including phenoxy) is 2. The molecule has 2 rings (SSSR count). The van der Waals surface area contributed by atoms with Gasteiger partial charge in [0, 0.05) is 5.92 Å². The lowest BCUT2D eigenvalue weighted by Crippen LogP contribution is -2.12. The highest BCUT2D eigenvalue weighted by atomic mass is 16.7. The van der Waals surface area contributed by atoms with Gasteiger partial charge in [-0.2, -0.15) is 0 Å². The van der Waals surface area contributed by atoms with Gasteiger partial charge in [-0.1, -0.05) is 6.92 Å². The number of hydrogen-bond donors (Lipinski definition) is 0. The van der Waals surface area contributed by atoms with Gasteiger partial charge in [-0.05, 0) is 12.3 Å². The van der Waals surface area contributed by atoms with Crippen molar-refractivity contribution in [2.75, 3.05) is 13.2 Å². The molecular weight excluding hydrogens is 116 g/mol. The Labute approximate surface area is 55.1 Å². The fraction of sp³-hybridized carbons (Fsp3) is 1.00. The second kappa shape index (κ2) is 1.96. The zero-order valence-corrected chi connectivity index (χ0v) is 5.67. The molecule has 2 nitrogen and oxygen atoms in total. The molecule has 2 fully saturated rings. The highest BCUT2D eigenvalue weighted by Crippen LogP contribution is 2.34. The first-order valence-electron chi connectivity index (χ1n) is 3.61. The van der Waals surface area contributed by atoms with Crippen molar-refractivity contribution >= 4 is 0 Å². The predicted molar refractivity (Wildman–Crippen MR) is 33.0 cm³/mol. The predicted octanol–water partition coefficient (Wildman–Crippen LogP) is 1.02. The lowest BCUT2D eigenvalue weighted by molar-refractivity contribution is -0.0905. The van der Waals surface area contributed by atoms with Crippen molar-refractivity contribution in [2.45, 2.75) is 19.6 Å². The average molecular weight is 128 g/mol. The molecule has 2 heteroatoms. The first-order chi connectivity index (χ1) is 4.38. The van der Waals surface area contributed by atoms with E-state index in [4.69, 9.17) is 9.47 Å². The summed E-state index contributed by atoms with van der Waals surface area (Å²) < 4.78 is 10.7. The molecule has 3 atom stereocenters. The molecule has 0 N–H and O–H groups in total. The summed E-state index contributed by atoms with van der Waals surface area (Å²) in [6.45, 7) is 4.04. The summed E-state index contributed by atoms with van der Waals surface area (Å²) in [5.74, 6) is 1.42. The van der Waals surface area contributed by atoms with Crippen molar-refractivity contribution in [3.63, 3.8) is 0 Å². The normalized spacial score (nSPS) is 49.7. The summed E-state index contributed by atoms with van der Waals surface area (Å²) >= 11 is 0. The largest absolute Gasteiger partial charge is 0.352 e. The maximum absolute atomic E-state index is 5.37. The third-order valence-electron chi connectivity index (χ3n) is 2.34. The van der Waals surface area contributed by atoms with Crippen molar-refractivity contribution < 1.29 is 9.47 Å². The van der Waals surface area contributed by atoms with Crippen molar-refractivity contribution in [3.05, 3.63) is 0 Å². The maximum Gasteiger partial charge on any atom is 0.160 e. The Morgan fingerprint density at radius 3 is 3.00 bits per heavy atom. The minimum Gasteiger partial charge on any atom is -0.352 e. The molecule has 2 saturated heterocycles. The fourth-order valence-electron chi connectivity index (χ4n) is 1.67. The van der Waals surface area contributed by atoms with Crippen LogP contribution in [0.15, 0.2) is 0 Å². The average Bonchev–Trinajstić information content (AvgIpc) is 2.35. The van der Waals surface area contributed by atoms with E-state index in [-0.39, 0.29) is 6.29 Å². The summed E-state index contributed by atoms with van der Waals surface area (Å²) in [4.78, 5) is 0. The van der Waals surface area contributed by atoms with Gasteiger partial charge in [-0.3, -0.25) is 0 Å². The van der Waals surface area contributed by atoms with Crippen LogP contribution in [0.1, 0.15) is 13.3 Å². The fourth-order valence-corrected chi connectivity index (χ4v) is 1.67. The molecule has 9 heavy (non-hydrogen) atoms. The van der Waals surface area contributed by atoms with Crippen LogP contribution >= 0.6 is 0 Å². The zero-order valence-electron chi connectivity index (χ0n) is 5.67. The lowest BCUT2D eigenvalue weighted by atomic mass is 9.96. The molecule has 0 radical (unpaired) electrons. The smallest absolute Gasteiger partial charge is 0.160 e. The van der Waals surface area contributed by atoms with Gasteiger partial charge in [-0.25, -0.2) is 0 Å². The topological polar surface area (TPSA) is 18.5 Å². The number of rotatable bonds is 0. The Morgan fingerprint density at radius 2 is 2.22 bits per heavy atom. The molecule has 0 aromatic heterocycles. The Hall–Kier alpha value is -0.0800. The van der Waals surface area contributed by atoms with Crippen LogP contribution in [0.2, 0.25) is 0 Å². The van der Waals surface area contributed by atoms with E-state index in [0.29, 0.717) is 5.92 Å². The Balaban J connectivity index is 2.07. The van der Waals surface area contributed by atoms with Gasteiger partial charge in [0.2, 0.25) is 0 Å². The monoisotopic (exact) mass is 128 g/mol. The van der Waals surface area contributed by atoms with Gasteiger partial charge < -0.3 is 9.47 Å². The Kier molecular flexibility index (Phi) is 1.24. The van der Waals surface area contributed by atoms with E-state index >= 15 is 0 Å². The summed E-state index contributed by atoms with van der Waals surface area (Å²) in [5, 5.41) is 0. The van der Waals surface area contributed by atoms with Crippen LogP contribution in [0.5, 0.6) is 0 Å². The molecule has 0 amide bonds. The highest BCUT2D eigenvalue weighted by Gasteiger charge is 2.38. The first-order valence-corrected chi connectivity index (χ1v) is 3.61. The van der Waals surface area contributed by atoms with Gasteiger partial charge in [0.25, 0.3) is 0 Å². The Bertz CT molecular complexity index is 113. The van der Waals surface area contributed by atoms with Crippen LogP contribution < -0.4 is 0 Å². The van der Waals surface area contributed by atoms with Crippen molar-refractivity contribution in [2.24, 2.45) is 11.8 Å². The van der Waals surface area contributed by atoms with Crippen molar-refractivity contribution in [1.29, 1.82) is 0 Å². The molecule has 0 spiro atoms. The van der Waals surface area contributed by atoms with Crippen molar-refractivity contribution in [1.82, 2.24) is 0 Å². The summed E-state index contributed by atoms with van der Waals surface area (Å²) in [6.07, 6.45) is 1.35. The van der Waals surface area contributed by atoms with Crippen molar-refractivity contribution in [3.8, 4) is 0 Å². The van der Waals surface area contributed by atoms with Crippen LogP contribution in [0.3, 0.4) is 0 Å². The number of hydrogen-bond acceptors (Lipinski definition) is 2. The van der Waals surface area contributed by atoms with E-state index in [1.165, 1.54) is 6.42 Å². The van der Waals surface area contributed by atoms with Gasteiger partial charge in [0.05, 0.1) is 13.2 Å². The Morgan fingerprint density at radius 1 is 1.33 bits per heavy atom. The molecule has 2 aliphatic rings. The van der Waals surface area contributed by atoms with Gasteiger partial charge >= 0.3 is 0 Å². The molecule has 2 heterocycles. The molecule has 0 bridgehead atoms. The standard InChI is InChI=1S/C7H12O2/c1-5-4-9-7-6(5)2-3-8-7/h5-7H,2-4H2,1H3/t5-,6?,7-/m1/s1. The van der Waals surface area contributed by atoms with Crippen LogP contribution in [-0.4, -0.2) is 19.5 Å². The maximum atomic E-state index is 5.37. The second-order valence-corrected chi connectivity index (χ2v) is 3.00. The molecule has 2 aliphatic heterocycles. The minimum atomic E-state index is 0.153. The molecule has 0 saturated carbocycles. The van der Waals surface area contributed by atoms with Gasteiger partial charge in [0.1, 0.15) is 0 Å². The first kappa shape index (κ1) is 5.69. The molecule has 0 aromatic carbocycles. The van der Waals surface area contributed by atoms with E-state index in [9.17, 15) is 0 Å². The second-order valence-electron chi connectivity index (χ2n) is 3.00. The van der Waals surface area contributed by atoms with Gasteiger partial charge in [-0.15, -0.1) is 0 Å². The summed E-state index contributed by atoms with van der Waals surface area (Å²) in [7, 11) is 0. The summed E-state index contributed by atoms with van der Waals surface area (Å²) in [5.41, 5.74) is 0. The molecule has 1 unspecified atom stereocenters. The van der Waals surface area contributed by atoms with E-state index in [1.807, 2.05) is 0 Å². The van der Waals surface area contributed by atoms with E-state index in [1.54, 1.807) is 0 Å². The molecule has 0 aromatic rings. The van der Waals surface area contributed by atoms with E-state index < -0.39 is 0 Å².